The molecule has 1 aromatic carbocycles. The van der Waals surface area contributed by atoms with E-state index in [4.69, 9.17) is 14.2 Å². The van der Waals surface area contributed by atoms with Gasteiger partial charge >= 0.3 is 0 Å². The van der Waals surface area contributed by atoms with Crippen molar-refractivity contribution >= 4 is 0 Å². The minimum atomic E-state index is 0.139. The van der Waals surface area contributed by atoms with E-state index >= 15 is 0 Å². The molecule has 1 rings (SSSR count). The van der Waals surface area contributed by atoms with Crippen molar-refractivity contribution in [1.82, 2.24) is 5.32 Å². The number of ether oxygens (including phenoxy) is 3. The van der Waals surface area contributed by atoms with Crippen LogP contribution < -0.4 is 14.8 Å². The molecule has 4 nitrogen and oxygen atoms in total. The summed E-state index contributed by atoms with van der Waals surface area (Å²) in [7, 11) is 5.23. The predicted molar refractivity (Wildman–Crippen MR) is 72.5 cm³/mol. The van der Waals surface area contributed by atoms with Gasteiger partial charge in [0.2, 0.25) is 0 Å². The molecule has 1 unspecified atom stereocenters. The lowest BCUT2D eigenvalue weighted by Crippen LogP contribution is -2.22. The van der Waals surface area contributed by atoms with Crippen LogP contribution in [-0.4, -0.2) is 34.5 Å². The van der Waals surface area contributed by atoms with Gasteiger partial charge in [0, 0.05) is 12.7 Å². The molecule has 0 amide bonds. The van der Waals surface area contributed by atoms with E-state index in [9.17, 15) is 0 Å². The normalized spacial score (nSPS) is 12.2. The molecular formula is C14H23NO3. The Kier molecular flexibility index (Phi) is 6.54. The molecule has 18 heavy (non-hydrogen) atoms. The molecule has 102 valence electrons. The second kappa shape index (κ2) is 7.95. The Hall–Kier alpha value is -1.26. The molecule has 0 radical (unpaired) electrons. The van der Waals surface area contributed by atoms with Crippen LogP contribution in [0.5, 0.6) is 11.5 Å². The van der Waals surface area contributed by atoms with Gasteiger partial charge in [-0.3, -0.25) is 0 Å². The van der Waals surface area contributed by atoms with Crippen molar-refractivity contribution in [1.29, 1.82) is 0 Å². The van der Waals surface area contributed by atoms with Crippen LogP contribution in [0.25, 0.3) is 0 Å². The van der Waals surface area contributed by atoms with Crippen molar-refractivity contribution in [2.75, 3.05) is 34.5 Å². The van der Waals surface area contributed by atoms with Crippen LogP contribution in [0.15, 0.2) is 18.2 Å². The predicted octanol–water partition coefficient (Wildman–Crippen LogP) is 2.39. The van der Waals surface area contributed by atoms with Crippen LogP contribution in [0, 0.1) is 0 Å². The number of nitrogens with one attached hydrogen (secondary N) is 1. The Balaban J connectivity index is 2.83. The molecular weight excluding hydrogens is 230 g/mol. The van der Waals surface area contributed by atoms with E-state index in [1.165, 1.54) is 0 Å². The van der Waals surface area contributed by atoms with Gasteiger partial charge in [-0.05, 0) is 31.2 Å². The smallest absolute Gasteiger partial charge is 0.122 e. The van der Waals surface area contributed by atoms with Gasteiger partial charge in [0.1, 0.15) is 11.5 Å². The van der Waals surface area contributed by atoms with E-state index < -0.39 is 0 Å². The van der Waals surface area contributed by atoms with Gasteiger partial charge in [-0.2, -0.15) is 0 Å². The van der Waals surface area contributed by atoms with Crippen molar-refractivity contribution in [3.63, 3.8) is 0 Å². The van der Waals surface area contributed by atoms with E-state index in [0.29, 0.717) is 6.61 Å². The molecule has 0 saturated heterocycles. The van der Waals surface area contributed by atoms with Crippen LogP contribution >= 0.6 is 0 Å². The third-order valence-electron chi connectivity index (χ3n) is 2.76. The Labute approximate surface area is 109 Å². The highest BCUT2D eigenvalue weighted by Gasteiger charge is 2.12. The molecule has 0 bridgehead atoms. The second-order valence-electron chi connectivity index (χ2n) is 4.06. The van der Waals surface area contributed by atoms with Crippen LogP contribution in [0.2, 0.25) is 0 Å². The fourth-order valence-corrected chi connectivity index (χ4v) is 1.72. The Morgan fingerprint density at radius 3 is 2.17 bits per heavy atom. The molecule has 1 N–H and O–H groups in total. The maximum atomic E-state index is 5.59. The molecule has 0 heterocycles. The standard InChI is InChI=1S/C14H23NO3/c1-5-6-18-10-14(15-2)11-7-12(16-3)9-13(8-11)17-4/h7-9,14-15H,5-6,10H2,1-4H3. The Bertz CT molecular complexity index is 333. The molecule has 1 aromatic rings. The Morgan fingerprint density at radius 2 is 1.72 bits per heavy atom. The van der Waals surface area contributed by atoms with Gasteiger partial charge in [0.25, 0.3) is 0 Å². The first-order valence-electron chi connectivity index (χ1n) is 6.23. The lowest BCUT2D eigenvalue weighted by molar-refractivity contribution is 0.114. The van der Waals surface area contributed by atoms with Gasteiger partial charge in [-0.1, -0.05) is 6.92 Å². The highest BCUT2D eigenvalue weighted by molar-refractivity contribution is 5.39. The highest BCUT2D eigenvalue weighted by atomic mass is 16.5. The average molecular weight is 253 g/mol. The first kappa shape index (κ1) is 14.8. The summed E-state index contributed by atoms with van der Waals surface area (Å²) in [4.78, 5) is 0. The lowest BCUT2D eigenvalue weighted by atomic mass is 10.1. The largest absolute Gasteiger partial charge is 0.497 e. The number of benzene rings is 1. The summed E-state index contributed by atoms with van der Waals surface area (Å²) in [6, 6.07) is 6.00. The average Bonchev–Trinajstić information content (AvgIpc) is 2.43. The van der Waals surface area contributed by atoms with Gasteiger partial charge in [-0.15, -0.1) is 0 Å². The van der Waals surface area contributed by atoms with E-state index in [2.05, 4.69) is 12.2 Å². The quantitative estimate of drug-likeness (QED) is 0.722. The summed E-state index contributed by atoms with van der Waals surface area (Å²) in [6.45, 7) is 3.52. The molecule has 1 atom stereocenters. The number of methoxy groups -OCH3 is 2. The molecule has 0 fully saturated rings. The summed E-state index contributed by atoms with van der Waals surface area (Å²) in [5, 5.41) is 3.24. The van der Waals surface area contributed by atoms with Crippen LogP contribution in [0.1, 0.15) is 24.9 Å². The Morgan fingerprint density at radius 1 is 1.11 bits per heavy atom. The number of likely N-dealkylation sites (N-methyl/N-ethyl adjacent to an activating group) is 1. The summed E-state index contributed by atoms with van der Waals surface area (Å²) < 4.78 is 16.1. The van der Waals surface area contributed by atoms with Crippen molar-refractivity contribution in [3.8, 4) is 11.5 Å². The van der Waals surface area contributed by atoms with Crippen molar-refractivity contribution in [3.05, 3.63) is 23.8 Å². The molecule has 0 spiro atoms. The third-order valence-corrected chi connectivity index (χ3v) is 2.76. The molecule has 0 aliphatic heterocycles. The molecule has 0 saturated carbocycles. The number of hydrogen-bond donors (Lipinski definition) is 1. The zero-order valence-electron chi connectivity index (χ0n) is 11.7. The monoisotopic (exact) mass is 253 g/mol. The van der Waals surface area contributed by atoms with E-state index in [-0.39, 0.29) is 6.04 Å². The zero-order chi connectivity index (χ0) is 13.4. The topological polar surface area (TPSA) is 39.7 Å². The van der Waals surface area contributed by atoms with Crippen molar-refractivity contribution in [2.24, 2.45) is 0 Å². The maximum Gasteiger partial charge on any atom is 0.122 e. The number of hydrogen-bond acceptors (Lipinski definition) is 4. The molecule has 0 aliphatic carbocycles. The van der Waals surface area contributed by atoms with Crippen LogP contribution in [-0.2, 0) is 4.74 Å². The first-order valence-corrected chi connectivity index (χ1v) is 6.23. The maximum absolute atomic E-state index is 5.59. The summed E-state index contributed by atoms with van der Waals surface area (Å²) in [5.74, 6) is 1.58. The van der Waals surface area contributed by atoms with Crippen LogP contribution in [0.3, 0.4) is 0 Å². The van der Waals surface area contributed by atoms with Gasteiger partial charge in [-0.25, -0.2) is 0 Å². The minimum Gasteiger partial charge on any atom is -0.497 e. The van der Waals surface area contributed by atoms with Gasteiger partial charge in [0.05, 0.1) is 26.9 Å². The summed E-state index contributed by atoms with van der Waals surface area (Å²) >= 11 is 0. The van der Waals surface area contributed by atoms with Crippen molar-refractivity contribution < 1.29 is 14.2 Å². The van der Waals surface area contributed by atoms with E-state index in [1.807, 2.05) is 25.2 Å². The molecule has 0 aliphatic rings. The summed E-state index contributed by atoms with van der Waals surface area (Å²) in [6.07, 6.45) is 1.03. The van der Waals surface area contributed by atoms with E-state index in [0.717, 1.165) is 30.1 Å². The SMILES string of the molecule is CCCOCC(NC)c1cc(OC)cc(OC)c1. The second-order valence-corrected chi connectivity index (χ2v) is 4.06. The van der Waals surface area contributed by atoms with Gasteiger partial charge in [0.15, 0.2) is 0 Å². The molecule has 4 heteroatoms. The number of rotatable bonds is 8. The highest BCUT2D eigenvalue weighted by Crippen LogP contribution is 2.26. The van der Waals surface area contributed by atoms with Crippen molar-refractivity contribution in [2.45, 2.75) is 19.4 Å². The molecule has 0 aromatic heterocycles. The first-order chi connectivity index (χ1) is 8.74. The fourth-order valence-electron chi connectivity index (χ4n) is 1.72. The third kappa shape index (κ3) is 4.20. The summed E-state index contributed by atoms with van der Waals surface area (Å²) in [5.41, 5.74) is 1.10. The fraction of sp³-hybridized carbons (Fsp3) is 0.571. The minimum absolute atomic E-state index is 0.139. The lowest BCUT2D eigenvalue weighted by Gasteiger charge is -2.18. The zero-order valence-corrected chi connectivity index (χ0v) is 11.7. The van der Waals surface area contributed by atoms with Crippen LogP contribution in [0.4, 0.5) is 0 Å². The van der Waals surface area contributed by atoms with E-state index in [1.54, 1.807) is 14.2 Å². The van der Waals surface area contributed by atoms with Gasteiger partial charge < -0.3 is 19.5 Å².